The van der Waals surface area contributed by atoms with Crippen LogP contribution < -0.4 is 0 Å². The van der Waals surface area contributed by atoms with Crippen LogP contribution in [0.2, 0.25) is 0 Å². The largest absolute Gasteiger partial charge is 0.508 e. The van der Waals surface area contributed by atoms with Gasteiger partial charge in [-0.15, -0.1) is 0 Å². The highest BCUT2D eigenvalue weighted by Crippen LogP contribution is 2.57. The van der Waals surface area contributed by atoms with Crippen molar-refractivity contribution in [1.82, 2.24) is 9.80 Å². The van der Waals surface area contributed by atoms with Gasteiger partial charge in [-0.05, 0) is 75.0 Å². The lowest BCUT2D eigenvalue weighted by Gasteiger charge is -2.61. The van der Waals surface area contributed by atoms with E-state index in [0.29, 0.717) is 12.2 Å². The second-order valence-corrected chi connectivity index (χ2v) is 11.5. The number of fused-ring (bicyclic) bond motifs is 4. The van der Waals surface area contributed by atoms with Crippen LogP contribution in [0.4, 0.5) is 0 Å². The third-order valence-electron chi connectivity index (χ3n) is 9.46. The number of phenols is 1. The van der Waals surface area contributed by atoms with Crippen molar-refractivity contribution in [3.05, 3.63) is 29.3 Å². The van der Waals surface area contributed by atoms with Crippen molar-refractivity contribution in [2.24, 2.45) is 17.3 Å². The SMILES string of the molecule is CC(C)N(C)C(=O)C1CCC(C(=O)N2CC[C@@]3(C)c4cccc(O)c4C[C@@H]2C3(C)C)CC1. The minimum absolute atomic E-state index is 0.00864. The zero-order valence-corrected chi connectivity index (χ0v) is 20.6. The van der Waals surface area contributed by atoms with E-state index in [4.69, 9.17) is 0 Å². The van der Waals surface area contributed by atoms with Gasteiger partial charge in [0.2, 0.25) is 11.8 Å². The monoisotopic (exact) mass is 440 g/mol. The summed E-state index contributed by atoms with van der Waals surface area (Å²) in [5.41, 5.74) is 2.13. The third-order valence-corrected chi connectivity index (χ3v) is 9.46. The summed E-state index contributed by atoms with van der Waals surface area (Å²) < 4.78 is 0. The van der Waals surface area contributed by atoms with Gasteiger partial charge < -0.3 is 14.9 Å². The Morgan fingerprint density at radius 1 is 1.09 bits per heavy atom. The van der Waals surface area contributed by atoms with Crippen molar-refractivity contribution < 1.29 is 14.7 Å². The van der Waals surface area contributed by atoms with Crippen molar-refractivity contribution in [1.29, 1.82) is 0 Å². The summed E-state index contributed by atoms with van der Waals surface area (Å²) in [4.78, 5) is 30.4. The second kappa shape index (κ2) is 8.07. The number of hydrogen-bond donors (Lipinski definition) is 1. The molecule has 0 radical (unpaired) electrons. The molecule has 1 heterocycles. The second-order valence-electron chi connectivity index (χ2n) is 11.5. The molecular formula is C27H40N2O3. The van der Waals surface area contributed by atoms with Gasteiger partial charge in [0.25, 0.3) is 0 Å². The Bertz CT molecular complexity index is 900. The molecule has 2 fully saturated rings. The molecule has 32 heavy (non-hydrogen) atoms. The van der Waals surface area contributed by atoms with Crippen molar-refractivity contribution in [2.75, 3.05) is 13.6 Å². The van der Waals surface area contributed by atoms with Crippen LogP contribution in [0, 0.1) is 17.3 Å². The number of benzene rings is 1. The van der Waals surface area contributed by atoms with E-state index in [1.807, 2.05) is 31.9 Å². The summed E-state index contributed by atoms with van der Waals surface area (Å²) >= 11 is 0. The van der Waals surface area contributed by atoms with E-state index in [9.17, 15) is 14.7 Å². The van der Waals surface area contributed by atoms with Gasteiger partial charge in [-0.25, -0.2) is 0 Å². The van der Waals surface area contributed by atoms with Crippen LogP contribution in [0.5, 0.6) is 5.75 Å². The first kappa shape index (κ1) is 23.1. The lowest BCUT2D eigenvalue weighted by molar-refractivity contribution is -0.151. The summed E-state index contributed by atoms with van der Waals surface area (Å²) in [6.45, 7) is 11.7. The smallest absolute Gasteiger partial charge is 0.225 e. The summed E-state index contributed by atoms with van der Waals surface area (Å²) in [7, 11) is 1.88. The first-order valence-corrected chi connectivity index (χ1v) is 12.4. The number of phenolic OH excluding ortho intramolecular Hbond substituents is 1. The summed E-state index contributed by atoms with van der Waals surface area (Å²) in [6, 6.07) is 6.17. The van der Waals surface area contributed by atoms with Crippen LogP contribution in [0.25, 0.3) is 0 Å². The van der Waals surface area contributed by atoms with Crippen LogP contribution in [0.3, 0.4) is 0 Å². The van der Waals surface area contributed by atoms with Gasteiger partial charge in [0.05, 0.1) is 0 Å². The first-order chi connectivity index (χ1) is 15.0. The molecule has 3 aliphatic rings. The quantitative estimate of drug-likeness (QED) is 0.752. The Kier molecular flexibility index (Phi) is 5.83. The number of amides is 2. The lowest BCUT2D eigenvalue weighted by Crippen LogP contribution is -2.65. The molecule has 4 rings (SSSR count). The van der Waals surface area contributed by atoms with Gasteiger partial charge >= 0.3 is 0 Å². The fraction of sp³-hybridized carbons (Fsp3) is 0.704. The van der Waals surface area contributed by atoms with Gasteiger partial charge in [0.15, 0.2) is 0 Å². The standard InChI is InChI=1S/C27H40N2O3/c1-17(2)28(6)24(31)18-10-12-19(13-11-18)25(32)29-15-14-27(5)21-8-7-9-22(30)20(21)16-23(29)26(27,3)4/h7-9,17-19,23,30H,10-16H2,1-6H3/t18?,19?,23-,27+/m1/s1. The first-order valence-electron chi connectivity index (χ1n) is 12.4. The van der Waals surface area contributed by atoms with E-state index in [1.165, 1.54) is 5.56 Å². The maximum atomic E-state index is 13.7. The van der Waals surface area contributed by atoms with Gasteiger partial charge in [-0.3, -0.25) is 9.59 Å². The Hall–Kier alpha value is -2.04. The predicted octanol–water partition coefficient (Wildman–Crippen LogP) is 4.51. The van der Waals surface area contributed by atoms with Crippen LogP contribution in [-0.2, 0) is 21.4 Å². The highest BCUT2D eigenvalue weighted by Gasteiger charge is 2.57. The lowest BCUT2D eigenvalue weighted by atomic mass is 9.51. The maximum absolute atomic E-state index is 13.7. The van der Waals surface area contributed by atoms with Crippen molar-refractivity contribution in [3.8, 4) is 5.75 Å². The van der Waals surface area contributed by atoms with Gasteiger partial charge in [0.1, 0.15) is 5.75 Å². The highest BCUT2D eigenvalue weighted by atomic mass is 16.3. The number of hydrogen-bond acceptors (Lipinski definition) is 3. The zero-order chi connectivity index (χ0) is 23.4. The molecule has 1 saturated carbocycles. The van der Waals surface area contributed by atoms with E-state index in [2.05, 4.69) is 31.7 Å². The van der Waals surface area contributed by atoms with Crippen LogP contribution >= 0.6 is 0 Å². The Morgan fingerprint density at radius 3 is 2.34 bits per heavy atom. The number of nitrogens with zero attached hydrogens (tertiary/aromatic N) is 2. The molecule has 2 amide bonds. The molecule has 0 unspecified atom stereocenters. The summed E-state index contributed by atoms with van der Waals surface area (Å²) in [6.07, 6.45) is 4.81. The minimum Gasteiger partial charge on any atom is -0.508 e. The van der Waals surface area contributed by atoms with Gasteiger partial charge in [-0.2, -0.15) is 0 Å². The predicted molar refractivity (Wildman–Crippen MR) is 126 cm³/mol. The molecule has 1 aromatic carbocycles. The molecule has 2 atom stereocenters. The van der Waals surface area contributed by atoms with Crippen LogP contribution in [-0.4, -0.2) is 52.4 Å². The fourth-order valence-corrected chi connectivity index (χ4v) is 6.55. The van der Waals surface area contributed by atoms with Crippen molar-refractivity contribution in [3.63, 3.8) is 0 Å². The molecule has 1 aliphatic heterocycles. The Balaban J connectivity index is 1.51. The molecular weight excluding hydrogens is 400 g/mol. The molecule has 176 valence electrons. The van der Waals surface area contributed by atoms with E-state index in [0.717, 1.165) is 44.2 Å². The molecule has 0 spiro atoms. The summed E-state index contributed by atoms with van der Waals surface area (Å²) in [5, 5.41) is 10.6. The van der Waals surface area contributed by atoms with E-state index >= 15 is 0 Å². The number of carbonyl (C=O) groups is 2. The molecule has 5 nitrogen and oxygen atoms in total. The molecule has 1 aromatic rings. The Labute approximate surface area is 193 Å². The fourth-order valence-electron chi connectivity index (χ4n) is 6.55. The van der Waals surface area contributed by atoms with Gasteiger partial charge in [0, 0.05) is 42.9 Å². The average Bonchev–Trinajstić information content (AvgIpc) is 2.75. The van der Waals surface area contributed by atoms with Crippen molar-refractivity contribution >= 4 is 11.8 Å². The number of likely N-dealkylation sites (tertiary alicyclic amines) is 1. The summed E-state index contributed by atoms with van der Waals surface area (Å²) in [5.74, 6) is 0.893. The average molecular weight is 441 g/mol. The Morgan fingerprint density at radius 2 is 1.72 bits per heavy atom. The van der Waals surface area contributed by atoms with Gasteiger partial charge in [-0.1, -0.05) is 32.9 Å². The van der Waals surface area contributed by atoms with Crippen LogP contribution in [0.1, 0.15) is 77.8 Å². The number of carbonyl (C=O) groups excluding carboxylic acids is 2. The number of rotatable bonds is 3. The number of aromatic hydroxyl groups is 1. The van der Waals surface area contributed by atoms with Crippen LogP contribution in [0.15, 0.2) is 18.2 Å². The van der Waals surface area contributed by atoms with E-state index < -0.39 is 0 Å². The topological polar surface area (TPSA) is 60.9 Å². The molecule has 2 bridgehead atoms. The number of piperidine rings is 1. The maximum Gasteiger partial charge on any atom is 0.225 e. The minimum atomic E-state index is -0.0746. The highest BCUT2D eigenvalue weighted by molar-refractivity contribution is 5.82. The molecule has 2 aliphatic carbocycles. The molecule has 1 saturated heterocycles. The third kappa shape index (κ3) is 3.43. The molecule has 0 aromatic heterocycles. The molecule has 1 N–H and O–H groups in total. The van der Waals surface area contributed by atoms with E-state index in [1.54, 1.807) is 6.07 Å². The zero-order valence-electron chi connectivity index (χ0n) is 20.6. The van der Waals surface area contributed by atoms with E-state index in [-0.39, 0.29) is 46.6 Å². The molecule has 5 heteroatoms. The normalized spacial score (nSPS) is 31.2. The van der Waals surface area contributed by atoms with Crippen molar-refractivity contribution in [2.45, 2.75) is 90.6 Å².